The van der Waals surface area contributed by atoms with Crippen LogP contribution in [0.5, 0.6) is 0 Å². The fourth-order valence-electron chi connectivity index (χ4n) is 2.16. The summed E-state index contributed by atoms with van der Waals surface area (Å²) in [6.07, 6.45) is 1.72. The van der Waals surface area contributed by atoms with Gasteiger partial charge in [0.05, 0.1) is 5.52 Å². The summed E-state index contributed by atoms with van der Waals surface area (Å²) in [7, 11) is 0. The number of benzene rings is 2. The van der Waals surface area contributed by atoms with Crippen molar-refractivity contribution in [3.8, 4) is 0 Å². The van der Waals surface area contributed by atoms with E-state index in [1.165, 1.54) is 0 Å². The van der Waals surface area contributed by atoms with Crippen molar-refractivity contribution in [3.05, 3.63) is 71.4 Å². The van der Waals surface area contributed by atoms with Gasteiger partial charge in [0.2, 0.25) is 0 Å². The van der Waals surface area contributed by atoms with E-state index in [4.69, 9.17) is 5.73 Å². The average molecular weight is 262 g/mol. The fourth-order valence-corrected chi connectivity index (χ4v) is 2.16. The van der Waals surface area contributed by atoms with Gasteiger partial charge < -0.3 is 5.73 Å². The van der Waals surface area contributed by atoms with Crippen molar-refractivity contribution in [1.82, 2.24) is 4.98 Å². The molecule has 0 saturated carbocycles. The van der Waals surface area contributed by atoms with Gasteiger partial charge in [-0.1, -0.05) is 30.3 Å². The first-order chi connectivity index (χ1) is 9.65. The third-order valence-electron chi connectivity index (χ3n) is 3.41. The largest absolute Gasteiger partial charge is 0.398 e. The molecule has 3 heteroatoms. The minimum atomic E-state index is -0.0377. The molecule has 0 radical (unpaired) electrons. The van der Waals surface area contributed by atoms with Gasteiger partial charge in [0.25, 0.3) is 0 Å². The smallest absolute Gasteiger partial charge is 0.193 e. The van der Waals surface area contributed by atoms with Crippen LogP contribution in [0.25, 0.3) is 10.9 Å². The molecule has 1 aromatic heterocycles. The number of pyridine rings is 1. The highest BCUT2D eigenvalue weighted by Gasteiger charge is 2.10. The number of nitrogens with two attached hydrogens (primary N) is 1. The second kappa shape index (κ2) is 4.78. The molecule has 0 atom stereocenters. The number of nitrogens with zero attached hydrogens (tertiary/aromatic N) is 1. The molecule has 2 N–H and O–H groups in total. The number of hydrogen-bond acceptors (Lipinski definition) is 3. The Morgan fingerprint density at radius 1 is 1.05 bits per heavy atom. The molecule has 1 heterocycles. The van der Waals surface area contributed by atoms with E-state index in [-0.39, 0.29) is 5.78 Å². The van der Waals surface area contributed by atoms with Crippen LogP contribution in [0.4, 0.5) is 5.69 Å². The zero-order chi connectivity index (χ0) is 14.1. The highest BCUT2D eigenvalue weighted by molar-refractivity contribution is 6.10. The molecule has 0 unspecified atom stereocenters. The van der Waals surface area contributed by atoms with Crippen LogP contribution < -0.4 is 5.73 Å². The fraction of sp³-hybridized carbons (Fsp3) is 0.0588. The maximum Gasteiger partial charge on any atom is 0.193 e. The Labute approximate surface area is 117 Å². The lowest BCUT2D eigenvalue weighted by Crippen LogP contribution is -2.03. The summed E-state index contributed by atoms with van der Waals surface area (Å²) in [6.45, 7) is 1.92. The zero-order valence-corrected chi connectivity index (χ0v) is 11.1. The van der Waals surface area contributed by atoms with Crippen molar-refractivity contribution in [2.45, 2.75) is 6.92 Å². The molecule has 3 rings (SSSR count). The summed E-state index contributed by atoms with van der Waals surface area (Å²) in [4.78, 5) is 16.7. The summed E-state index contributed by atoms with van der Waals surface area (Å²) in [5.41, 5.74) is 9.51. The lowest BCUT2D eigenvalue weighted by atomic mass is 10.00. The lowest BCUT2D eigenvalue weighted by Gasteiger charge is -2.05. The number of carbonyl (C=O) groups excluding carboxylic acids is 1. The molecule has 0 aliphatic heterocycles. The molecule has 0 bridgehead atoms. The third kappa shape index (κ3) is 2.14. The molecule has 3 nitrogen and oxygen atoms in total. The normalized spacial score (nSPS) is 10.7. The Hall–Kier alpha value is -2.68. The van der Waals surface area contributed by atoms with Crippen molar-refractivity contribution in [2.75, 3.05) is 5.73 Å². The number of aryl methyl sites for hydroxylation is 1. The Bertz CT molecular complexity index is 809. The van der Waals surface area contributed by atoms with Gasteiger partial charge in [-0.15, -0.1) is 0 Å². The highest BCUT2D eigenvalue weighted by Crippen LogP contribution is 2.19. The highest BCUT2D eigenvalue weighted by atomic mass is 16.1. The van der Waals surface area contributed by atoms with Gasteiger partial charge >= 0.3 is 0 Å². The second-order valence-corrected chi connectivity index (χ2v) is 4.81. The number of aromatic nitrogens is 1. The average Bonchev–Trinajstić information content (AvgIpc) is 2.49. The van der Waals surface area contributed by atoms with Crippen LogP contribution in [-0.2, 0) is 0 Å². The summed E-state index contributed by atoms with van der Waals surface area (Å²) in [5, 5.41) is 1.02. The predicted molar refractivity (Wildman–Crippen MR) is 80.8 cm³/mol. The SMILES string of the molecule is Cc1ccc(C(=O)c2ccc3cccnc3c2)cc1N. The van der Waals surface area contributed by atoms with E-state index in [1.54, 1.807) is 18.3 Å². The minimum absolute atomic E-state index is 0.0377. The Balaban J connectivity index is 2.05. The Kier molecular flexibility index (Phi) is 2.95. The van der Waals surface area contributed by atoms with E-state index >= 15 is 0 Å². The molecule has 3 aromatic rings. The van der Waals surface area contributed by atoms with Crippen LogP contribution in [-0.4, -0.2) is 10.8 Å². The van der Waals surface area contributed by atoms with Gasteiger partial charge in [-0.3, -0.25) is 9.78 Å². The van der Waals surface area contributed by atoms with E-state index < -0.39 is 0 Å². The van der Waals surface area contributed by atoms with E-state index in [0.717, 1.165) is 16.5 Å². The van der Waals surface area contributed by atoms with Crippen molar-refractivity contribution in [2.24, 2.45) is 0 Å². The number of anilines is 1. The van der Waals surface area contributed by atoms with Crippen molar-refractivity contribution in [3.63, 3.8) is 0 Å². The van der Waals surface area contributed by atoms with Crippen LogP contribution >= 0.6 is 0 Å². The molecule has 0 amide bonds. The third-order valence-corrected chi connectivity index (χ3v) is 3.41. The van der Waals surface area contributed by atoms with Gasteiger partial charge in [0.15, 0.2) is 5.78 Å². The van der Waals surface area contributed by atoms with Crippen LogP contribution in [0.1, 0.15) is 21.5 Å². The van der Waals surface area contributed by atoms with E-state index in [9.17, 15) is 4.79 Å². The van der Waals surface area contributed by atoms with Gasteiger partial charge in [0, 0.05) is 28.4 Å². The monoisotopic (exact) mass is 262 g/mol. The Morgan fingerprint density at radius 3 is 2.60 bits per heavy atom. The van der Waals surface area contributed by atoms with Gasteiger partial charge in [-0.25, -0.2) is 0 Å². The zero-order valence-electron chi connectivity index (χ0n) is 11.1. The quantitative estimate of drug-likeness (QED) is 0.569. The van der Waals surface area contributed by atoms with Crippen LogP contribution in [0.15, 0.2) is 54.7 Å². The molecule has 20 heavy (non-hydrogen) atoms. The van der Waals surface area contributed by atoms with Crippen molar-refractivity contribution >= 4 is 22.4 Å². The number of hydrogen-bond donors (Lipinski definition) is 1. The van der Waals surface area contributed by atoms with Gasteiger partial charge in [-0.05, 0) is 30.7 Å². The molecule has 2 aromatic carbocycles. The van der Waals surface area contributed by atoms with E-state index in [0.29, 0.717) is 16.8 Å². The molecule has 98 valence electrons. The second-order valence-electron chi connectivity index (χ2n) is 4.81. The number of ketones is 1. The molecular weight excluding hydrogens is 248 g/mol. The van der Waals surface area contributed by atoms with Crippen molar-refractivity contribution in [1.29, 1.82) is 0 Å². The molecule has 0 aliphatic rings. The van der Waals surface area contributed by atoms with Crippen molar-refractivity contribution < 1.29 is 4.79 Å². The number of nitrogen functional groups attached to an aromatic ring is 1. The summed E-state index contributed by atoms with van der Waals surface area (Å²) >= 11 is 0. The van der Waals surface area contributed by atoms with Gasteiger partial charge in [-0.2, -0.15) is 0 Å². The van der Waals surface area contributed by atoms with Gasteiger partial charge in [0.1, 0.15) is 0 Å². The summed E-state index contributed by atoms with van der Waals surface area (Å²) < 4.78 is 0. The maximum absolute atomic E-state index is 12.5. The number of carbonyl (C=O) groups is 1. The van der Waals surface area contributed by atoms with Crippen LogP contribution in [0.3, 0.4) is 0 Å². The Morgan fingerprint density at radius 2 is 1.80 bits per heavy atom. The van der Waals surface area contributed by atoms with E-state index in [1.807, 2.05) is 43.3 Å². The molecule has 0 saturated heterocycles. The molecular formula is C17H14N2O. The first-order valence-corrected chi connectivity index (χ1v) is 6.41. The van der Waals surface area contributed by atoms with E-state index in [2.05, 4.69) is 4.98 Å². The molecule has 0 fully saturated rings. The standard InChI is InChI=1S/C17H14N2O/c1-11-4-5-13(9-15(11)18)17(20)14-7-6-12-3-2-8-19-16(12)10-14/h2-10H,18H2,1H3. The minimum Gasteiger partial charge on any atom is -0.398 e. The molecule has 0 spiro atoms. The molecule has 0 aliphatic carbocycles. The first kappa shape index (κ1) is 12.4. The topological polar surface area (TPSA) is 56.0 Å². The maximum atomic E-state index is 12.5. The number of fused-ring (bicyclic) bond motifs is 1. The van der Waals surface area contributed by atoms with Crippen LogP contribution in [0, 0.1) is 6.92 Å². The lowest BCUT2D eigenvalue weighted by molar-refractivity contribution is 0.103. The predicted octanol–water partition coefficient (Wildman–Crippen LogP) is 3.36. The summed E-state index contributed by atoms with van der Waals surface area (Å²) in [5.74, 6) is -0.0377. The first-order valence-electron chi connectivity index (χ1n) is 6.41. The summed E-state index contributed by atoms with van der Waals surface area (Å²) in [6, 6.07) is 14.8. The van der Waals surface area contributed by atoms with Crippen LogP contribution in [0.2, 0.25) is 0 Å². The number of rotatable bonds is 2.